The van der Waals surface area contributed by atoms with Crippen molar-refractivity contribution in [2.75, 3.05) is 38.4 Å². The van der Waals surface area contributed by atoms with Crippen LogP contribution in [0.1, 0.15) is 6.42 Å². The summed E-state index contributed by atoms with van der Waals surface area (Å²) >= 11 is 7.51. The van der Waals surface area contributed by atoms with E-state index in [1.807, 2.05) is 19.5 Å². The summed E-state index contributed by atoms with van der Waals surface area (Å²) in [5.74, 6) is 0. The van der Waals surface area contributed by atoms with E-state index in [1.165, 1.54) is 17.8 Å². The van der Waals surface area contributed by atoms with Gasteiger partial charge in [0.15, 0.2) is 0 Å². The van der Waals surface area contributed by atoms with Crippen molar-refractivity contribution in [1.29, 1.82) is 0 Å². The smallest absolute Gasteiger partial charge is 0.293 e. The lowest BCUT2D eigenvalue weighted by atomic mass is 10.2. The van der Waals surface area contributed by atoms with E-state index in [1.54, 1.807) is 6.07 Å². The molecule has 1 aliphatic rings. The summed E-state index contributed by atoms with van der Waals surface area (Å²) in [6, 6.07) is 3.16. The topological polar surface area (TPSA) is 61.6 Å². The minimum absolute atomic E-state index is 0.0172. The molecule has 1 aliphatic heterocycles. The number of hydrogen-bond donors (Lipinski definition) is 1. The van der Waals surface area contributed by atoms with E-state index < -0.39 is 4.92 Å². The van der Waals surface area contributed by atoms with Crippen molar-refractivity contribution >= 4 is 34.7 Å². The molecule has 0 saturated heterocycles. The quantitative estimate of drug-likeness (QED) is 0.354. The second-order valence-corrected chi connectivity index (χ2v) is 6.31. The second kappa shape index (κ2) is 7.60. The molecule has 0 aliphatic carbocycles. The molecule has 0 unspecified atom stereocenters. The third-order valence-corrected chi connectivity index (χ3v) is 4.54. The van der Waals surface area contributed by atoms with Gasteiger partial charge in [-0.2, -0.15) is 0 Å². The highest BCUT2D eigenvalue weighted by atomic mass is 35.5. The van der Waals surface area contributed by atoms with Crippen LogP contribution < -0.4 is 5.32 Å². The molecule has 120 valence electrons. The molecule has 0 amide bonds. The van der Waals surface area contributed by atoms with Crippen molar-refractivity contribution in [3.8, 4) is 0 Å². The monoisotopic (exact) mass is 342 g/mol. The third-order valence-electron chi connectivity index (χ3n) is 3.34. The molecule has 0 radical (unpaired) electrons. The molecule has 8 heteroatoms. The first-order valence-electron chi connectivity index (χ1n) is 6.89. The van der Waals surface area contributed by atoms with Crippen LogP contribution in [0.2, 0.25) is 5.02 Å². The third kappa shape index (κ3) is 4.20. The molecular weight excluding hydrogens is 324 g/mol. The average Bonchev–Trinajstić information content (AvgIpc) is 2.89. The lowest BCUT2D eigenvalue weighted by Gasteiger charge is -2.18. The summed E-state index contributed by atoms with van der Waals surface area (Å²) in [6.45, 7) is 2.46. The van der Waals surface area contributed by atoms with Crippen LogP contribution in [0.5, 0.6) is 0 Å². The largest absolute Gasteiger partial charge is 0.379 e. The number of nitro benzene ring substituents is 1. The number of anilines is 1. The van der Waals surface area contributed by atoms with Crippen molar-refractivity contribution in [1.82, 2.24) is 9.80 Å². The predicted molar refractivity (Wildman–Crippen MR) is 91.5 cm³/mol. The lowest BCUT2D eigenvalue weighted by Crippen LogP contribution is -2.24. The normalized spacial score (nSPS) is 13.8. The van der Waals surface area contributed by atoms with Crippen LogP contribution in [0.3, 0.4) is 0 Å². The number of hydrogen-bond acceptors (Lipinski definition) is 6. The molecule has 1 aromatic rings. The van der Waals surface area contributed by atoms with E-state index in [0.717, 1.165) is 24.5 Å². The fourth-order valence-electron chi connectivity index (χ4n) is 2.23. The molecule has 1 aromatic carbocycles. The number of halogens is 1. The highest BCUT2D eigenvalue weighted by molar-refractivity contribution is 7.98. The second-order valence-electron chi connectivity index (χ2n) is 5.05. The van der Waals surface area contributed by atoms with Gasteiger partial charge in [0.25, 0.3) is 5.69 Å². The molecule has 0 aromatic heterocycles. The van der Waals surface area contributed by atoms with E-state index in [2.05, 4.69) is 21.3 Å². The van der Waals surface area contributed by atoms with Gasteiger partial charge in [-0.1, -0.05) is 11.6 Å². The van der Waals surface area contributed by atoms with Crippen LogP contribution in [0, 0.1) is 10.1 Å². The molecule has 0 bridgehead atoms. The van der Waals surface area contributed by atoms with Gasteiger partial charge in [0.05, 0.1) is 16.6 Å². The van der Waals surface area contributed by atoms with Crippen LogP contribution in [-0.4, -0.2) is 47.8 Å². The van der Waals surface area contributed by atoms with Gasteiger partial charge in [-0.15, -0.1) is 11.8 Å². The number of nitrogens with one attached hydrogen (secondary N) is 1. The molecule has 1 N–H and O–H groups in total. The van der Waals surface area contributed by atoms with Gasteiger partial charge in [0.2, 0.25) is 0 Å². The maximum atomic E-state index is 11.1. The standard InChI is InChI=1S/C14H19ClN4O2S/c1-17-6-7-18(10-17)5-3-4-16-12-9-14(22-2)11(15)8-13(12)19(20)21/h6-9,16H,3-5,10H2,1-2H3. The Labute approximate surface area is 139 Å². The zero-order valence-corrected chi connectivity index (χ0v) is 14.2. The van der Waals surface area contributed by atoms with E-state index >= 15 is 0 Å². The maximum Gasteiger partial charge on any atom is 0.293 e. The van der Waals surface area contributed by atoms with Crippen molar-refractivity contribution in [2.24, 2.45) is 0 Å². The Morgan fingerprint density at radius 3 is 2.82 bits per heavy atom. The number of rotatable bonds is 7. The number of nitro groups is 1. The van der Waals surface area contributed by atoms with E-state index in [-0.39, 0.29) is 5.69 Å². The van der Waals surface area contributed by atoms with Gasteiger partial charge >= 0.3 is 0 Å². The SMILES string of the molecule is CSc1cc(NCCCN2C=CN(C)C2)c([N+](=O)[O-])cc1Cl. The summed E-state index contributed by atoms with van der Waals surface area (Å²) in [5.41, 5.74) is 0.538. The molecular formula is C14H19ClN4O2S. The fourth-order valence-corrected chi connectivity index (χ4v) is 3.11. The highest BCUT2D eigenvalue weighted by Crippen LogP contribution is 2.35. The first-order valence-corrected chi connectivity index (χ1v) is 8.50. The van der Waals surface area contributed by atoms with Crippen LogP contribution in [-0.2, 0) is 0 Å². The molecule has 6 nitrogen and oxygen atoms in total. The minimum atomic E-state index is -0.406. The Bertz CT molecular complexity index is 582. The van der Waals surface area contributed by atoms with Gasteiger partial charge in [-0.05, 0) is 18.7 Å². The van der Waals surface area contributed by atoms with Gasteiger partial charge in [-0.25, -0.2) is 0 Å². The average molecular weight is 343 g/mol. The molecule has 0 fully saturated rings. The lowest BCUT2D eigenvalue weighted by molar-refractivity contribution is -0.384. The molecule has 0 spiro atoms. The Kier molecular flexibility index (Phi) is 5.79. The summed E-state index contributed by atoms with van der Waals surface area (Å²) in [5, 5.41) is 14.7. The molecule has 22 heavy (non-hydrogen) atoms. The summed E-state index contributed by atoms with van der Waals surface area (Å²) in [7, 11) is 2.02. The van der Waals surface area contributed by atoms with Crippen LogP contribution in [0.25, 0.3) is 0 Å². The highest BCUT2D eigenvalue weighted by Gasteiger charge is 2.17. The minimum Gasteiger partial charge on any atom is -0.379 e. The predicted octanol–water partition coefficient (Wildman–Crippen LogP) is 3.45. The molecule has 0 saturated carbocycles. The molecule has 0 atom stereocenters. The number of nitrogens with zero attached hydrogens (tertiary/aromatic N) is 3. The summed E-state index contributed by atoms with van der Waals surface area (Å²) < 4.78 is 0. The van der Waals surface area contributed by atoms with Gasteiger partial charge in [-0.3, -0.25) is 10.1 Å². The van der Waals surface area contributed by atoms with Gasteiger partial charge in [0.1, 0.15) is 5.69 Å². The Hall–Kier alpha value is -1.60. The van der Waals surface area contributed by atoms with E-state index in [0.29, 0.717) is 17.3 Å². The van der Waals surface area contributed by atoms with Crippen LogP contribution >= 0.6 is 23.4 Å². The Morgan fingerprint density at radius 2 is 2.23 bits per heavy atom. The van der Waals surface area contributed by atoms with Crippen LogP contribution in [0.15, 0.2) is 29.4 Å². The van der Waals surface area contributed by atoms with Gasteiger partial charge < -0.3 is 15.1 Å². The maximum absolute atomic E-state index is 11.1. The van der Waals surface area contributed by atoms with Crippen molar-refractivity contribution in [2.45, 2.75) is 11.3 Å². The first-order chi connectivity index (χ1) is 10.5. The van der Waals surface area contributed by atoms with Crippen molar-refractivity contribution in [3.05, 3.63) is 39.7 Å². The Balaban J connectivity index is 1.93. The zero-order chi connectivity index (χ0) is 16.1. The van der Waals surface area contributed by atoms with Gasteiger partial charge in [0, 0.05) is 43.5 Å². The molecule has 1 heterocycles. The summed E-state index contributed by atoms with van der Waals surface area (Å²) in [6.07, 6.45) is 6.87. The summed E-state index contributed by atoms with van der Waals surface area (Å²) in [4.78, 5) is 15.9. The van der Waals surface area contributed by atoms with E-state index in [9.17, 15) is 10.1 Å². The fraction of sp³-hybridized carbons (Fsp3) is 0.429. The Morgan fingerprint density at radius 1 is 1.45 bits per heavy atom. The van der Waals surface area contributed by atoms with Crippen LogP contribution in [0.4, 0.5) is 11.4 Å². The van der Waals surface area contributed by atoms with E-state index in [4.69, 9.17) is 11.6 Å². The zero-order valence-electron chi connectivity index (χ0n) is 12.6. The first kappa shape index (κ1) is 16.8. The van der Waals surface area contributed by atoms with Crippen molar-refractivity contribution < 1.29 is 4.92 Å². The molecule has 2 rings (SSSR count). The number of thioether (sulfide) groups is 1. The van der Waals surface area contributed by atoms with Crippen molar-refractivity contribution in [3.63, 3.8) is 0 Å². The number of benzene rings is 1.